The molecule has 2 unspecified atom stereocenters. The van der Waals surface area contributed by atoms with Crippen LogP contribution in [0.1, 0.15) is 32.3 Å². The Balaban J connectivity index is 1.69. The zero-order valence-corrected chi connectivity index (χ0v) is 16.3. The molecule has 2 saturated heterocycles. The molecule has 29 heavy (non-hydrogen) atoms. The van der Waals surface area contributed by atoms with E-state index in [9.17, 15) is 28.1 Å². The Morgan fingerprint density at radius 1 is 1.17 bits per heavy atom. The second-order valence-corrected chi connectivity index (χ2v) is 7.72. The Morgan fingerprint density at radius 3 is 2.28 bits per heavy atom. The van der Waals surface area contributed by atoms with Gasteiger partial charge in [0.05, 0.1) is 22.7 Å². The summed E-state index contributed by atoms with van der Waals surface area (Å²) in [6.45, 7) is 5.65. The van der Waals surface area contributed by atoms with E-state index in [1.165, 1.54) is 0 Å². The van der Waals surface area contributed by atoms with Crippen molar-refractivity contribution in [2.24, 2.45) is 5.92 Å². The monoisotopic (exact) mass is 415 g/mol. The average Bonchev–Trinajstić information content (AvgIpc) is 2.65. The fraction of sp³-hybridized carbons (Fsp3) is 0.632. The summed E-state index contributed by atoms with van der Waals surface area (Å²) in [6, 6.07) is 2.58. The van der Waals surface area contributed by atoms with Crippen molar-refractivity contribution in [3.05, 3.63) is 33.9 Å². The first-order chi connectivity index (χ1) is 13.6. The van der Waals surface area contributed by atoms with Crippen LogP contribution in [-0.4, -0.2) is 54.1 Å². The maximum absolute atomic E-state index is 12.9. The number of hydrogen-bond acceptors (Lipinski definition) is 5. The number of halogens is 3. The van der Waals surface area contributed by atoms with E-state index in [1.807, 2.05) is 13.8 Å². The molecule has 0 spiro atoms. The van der Waals surface area contributed by atoms with Crippen LogP contribution in [0.15, 0.2) is 18.2 Å². The third kappa shape index (κ3) is 4.80. The van der Waals surface area contributed by atoms with Crippen LogP contribution in [0.5, 0.6) is 0 Å². The van der Waals surface area contributed by atoms with Gasteiger partial charge in [0.1, 0.15) is 5.69 Å². The predicted molar refractivity (Wildman–Crippen MR) is 99.6 cm³/mol. The topological polar surface area (TPSA) is 75.9 Å². The predicted octanol–water partition coefficient (Wildman–Crippen LogP) is 3.47. The molecule has 160 valence electrons. The highest BCUT2D eigenvalue weighted by atomic mass is 19.4. The van der Waals surface area contributed by atoms with Crippen molar-refractivity contribution in [1.29, 1.82) is 0 Å². The van der Waals surface area contributed by atoms with Gasteiger partial charge in [-0.1, -0.05) is 0 Å². The van der Waals surface area contributed by atoms with Gasteiger partial charge in [0.25, 0.3) is 5.69 Å². The van der Waals surface area contributed by atoms with Crippen molar-refractivity contribution in [2.75, 3.05) is 31.1 Å². The molecule has 10 heteroatoms. The molecule has 2 aliphatic rings. The lowest BCUT2D eigenvalue weighted by molar-refractivity contribution is -0.384. The van der Waals surface area contributed by atoms with Gasteiger partial charge in [0.2, 0.25) is 5.91 Å². The molecule has 2 aliphatic heterocycles. The molecule has 2 fully saturated rings. The number of alkyl halides is 3. The molecule has 0 N–H and O–H groups in total. The number of anilines is 1. The SMILES string of the molecule is CC1CN(C(=O)C2CCN(c3ccc(C(F)(F)F)cc3[N+](=O)[O-])CC2)CC(C)O1. The number of nitro groups is 1. The van der Waals surface area contributed by atoms with E-state index in [1.54, 1.807) is 9.80 Å². The highest BCUT2D eigenvalue weighted by Gasteiger charge is 2.36. The van der Waals surface area contributed by atoms with E-state index in [4.69, 9.17) is 4.74 Å². The summed E-state index contributed by atoms with van der Waals surface area (Å²) in [5, 5.41) is 11.3. The Bertz CT molecular complexity index is 768. The van der Waals surface area contributed by atoms with Gasteiger partial charge in [-0.15, -0.1) is 0 Å². The highest BCUT2D eigenvalue weighted by molar-refractivity contribution is 5.79. The third-order valence-electron chi connectivity index (χ3n) is 5.42. The summed E-state index contributed by atoms with van der Waals surface area (Å²) >= 11 is 0. The summed E-state index contributed by atoms with van der Waals surface area (Å²) in [4.78, 5) is 26.9. The van der Waals surface area contributed by atoms with Gasteiger partial charge in [-0.25, -0.2) is 0 Å². The van der Waals surface area contributed by atoms with E-state index in [2.05, 4.69) is 0 Å². The molecular weight excluding hydrogens is 391 g/mol. The maximum atomic E-state index is 12.9. The summed E-state index contributed by atoms with van der Waals surface area (Å²) in [5.41, 5.74) is -1.46. The van der Waals surface area contributed by atoms with Gasteiger partial charge in [-0.3, -0.25) is 14.9 Å². The molecular formula is C19H24F3N3O4. The minimum absolute atomic E-state index is 0.0300. The number of amides is 1. The van der Waals surface area contributed by atoms with Crippen LogP contribution >= 0.6 is 0 Å². The fourth-order valence-electron chi connectivity index (χ4n) is 4.10. The zero-order valence-electron chi connectivity index (χ0n) is 16.3. The minimum Gasteiger partial charge on any atom is -0.372 e. The Hall–Kier alpha value is -2.36. The lowest BCUT2D eigenvalue weighted by Gasteiger charge is -2.39. The van der Waals surface area contributed by atoms with Crippen molar-refractivity contribution < 1.29 is 27.6 Å². The lowest BCUT2D eigenvalue weighted by Crippen LogP contribution is -2.51. The molecule has 1 aromatic carbocycles. The van der Waals surface area contributed by atoms with Crippen LogP contribution in [0.3, 0.4) is 0 Å². The van der Waals surface area contributed by atoms with Crippen molar-refractivity contribution >= 4 is 17.3 Å². The van der Waals surface area contributed by atoms with Gasteiger partial charge in [0, 0.05) is 38.2 Å². The first kappa shape index (κ1) is 21.4. The molecule has 2 atom stereocenters. The summed E-state index contributed by atoms with van der Waals surface area (Å²) in [7, 11) is 0. The van der Waals surface area contributed by atoms with E-state index >= 15 is 0 Å². The smallest absolute Gasteiger partial charge is 0.372 e. The van der Waals surface area contributed by atoms with Crippen LogP contribution in [0, 0.1) is 16.0 Å². The lowest BCUT2D eigenvalue weighted by atomic mass is 9.94. The minimum atomic E-state index is -4.64. The molecule has 0 aromatic heterocycles. The Morgan fingerprint density at radius 2 is 1.76 bits per heavy atom. The van der Waals surface area contributed by atoms with Crippen molar-refractivity contribution in [3.63, 3.8) is 0 Å². The standard InChI is InChI=1S/C19H24F3N3O4/c1-12-10-24(11-13(2)29-12)18(26)14-5-7-23(8-6-14)16-4-3-15(19(20,21)22)9-17(16)25(27)28/h3-4,9,12-14H,5-8,10-11H2,1-2H3. The van der Waals surface area contributed by atoms with E-state index in [0.717, 1.165) is 12.1 Å². The van der Waals surface area contributed by atoms with E-state index < -0.39 is 22.4 Å². The Labute approximate surface area is 166 Å². The van der Waals surface area contributed by atoms with Crippen LogP contribution in [0.4, 0.5) is 24.5 Å². The molecule has 3 rings (SSSR count). The van der Waals surface area contributed by atoms with Crippen molar-refractivity contribution in [2.45, 2.75) is 45.1 Å². The molecule has 1 amide bonds. The summed E-state index contributed by atoms with van der Waals surface area (Å²) in [5.74, 6) is -0.147. The number of rotatable bonds is 3. The van der Waals surface area contributed by atoms with E-state index in [0.29, 0.717) is 45.1 Å². The van der Waals surface area contributed by atoms with Gasteiger partial charge < -0.3 is 14.5 Å². The Kier molecular flexibility index (Phi) is 6.02. The number of ether oxygens (including phenoxy) is 1. The first-order valence-electron chi connectivity index (χ1n) is 9.61. The summed E-state index contributed by atoms with van der Waals surface area (Å²) < 4.78 is 44.3. The third-order valence-corrected chi connectivity index (χ3v) is 5.42. The largest absolute Gasteiger partial charge is 0.416 e. The zero-order chi connectivity index (χ0) is 21.3. The number of nitro benzene ring substituents is 1. The van der Waals surface area contributed by atoms with Crippen molar-refractivity contribution in [3.8, 4) is 0 Å². The number of hydrogen-bond donors (Lipinski definition) is 0. The second-order valence-electron chi connectivity index (χ2n) is 7.72. The molecule has 0 bridgehead atoms. The average molecular weight is 415 g/mol. The number of nitrogens with zero attached hydrogens (tertiary/aromatic N) is 3. The highest BCUT2D eigenvalue weighted by Crippen LogP contribution is 2.38. The number of piperidine rings is 1. The van der Waals surface area contributed by atoms with Crippen LogP contribution in [0.25, 0.3) is 0 Å². The van der Waals surface area contributed by atoms with Gasteiger partial charge in [0.15, 0.2) is 0 Å². The number of morpholine rings is 1. The van der Waals surface area contributed by atoms with Crippen molar-refractivity contribution in [1.82, 2.24) is 4.90 Å². The second kappa shape index (κ2) is 8.17. The van der Waals surface area contributed by atoms with Crippen LogP contribution < -0.4 is 4.90 Å². The number of carbonyl (C=O) groups is 1. The molecule has 1 aromatic rings. The quantitative estimate of drug-likeness (QED) is 0.558. The maximum Gasteiger partial charge on any atom is 0.416 e. The van der Waals surface area contributed by atoms with Gasteiger partial charge in [-0.2, -0.15) is 13.2 Å². The summed E-state index contributed by atoms with van der Waals surface area (Å²) in [6.07, 6.45) is -3.71. The molecule has 2 heterocycles. The van der Waals surface area contributed by atoms with Crippen LogP contribution in [-0.2, 0) is 15.7 Å². The first-order valence-corrected chi connectivity index (χ1v) is 9.61. The molecule has 0 saturated carbocycles. The molecule has 0 radical (unpaired) electrons. The van der Waals surface area contributed by atoms with Gasteiger partial charge in [-0.05, 0) is 38.8 Å². The van der Waals surface area contributed by atoms with Gasteiger partial charge >= 0.3 is 6.18 Å². The normalized spacial score (nSPS) is 23.9. The van der Waals surface area contributed by atoms with Crippen LogP contribution in [0.2, 0.25) is 0 Å². The molecule has 0 aliphatic carbocycles. The fourth-order valence-corrected chi connectivity index (χ4v) is 4.10. The van der Waals surface area contributed by atoms with E-state index in [-0.39, 0.29) is 29.7 Å². The molecule has 7 nitrogen and oxygen atoms in total. The number of benzene rings is 1. The number of carbonyl (C=O) groups excluding carboxylic acids is 1.